The van der Waals surface area contributed by atoms with E-state index in [0.29, 0.717) is 24.4 Å². The van der Waals surface area contributed by atoms with Crippen molar-refractivity contribution in [2.45, 2.75) is 76.2 Å². The van der Waals surface area contributed by atoms with Crippen LogP contribution < -0.4 is 5.32 Å². The minimum Gasteiger partial charge on any atom is -0.444 e. The summed E-state index contributed by atoms with van der Waals surface area (Å²) in [5.41, 5.74) is -0.506. The molecule has 2 fully saturated rings. The van der Waals surface area contributed by atoms with Crippen molar-refractivity contribution < 1.29 is 28.6 Å². The number of carbonyl (C=O) groups is 3. The average Bonchev–Trinajstić information content (AvgIpc) is 2.93. The number of Topliss-reactive ketones (excluding diaryl/α,β-unsaturated/α-hetero) is 1. The topological polar surface area (TPSA) is 112 Å². The lowest BCUT2D eigenvalue weighted by Crippen LogP contribution is -2.51. The van der Waals surface area contributed by atoms with Crippen molar-refractivity contribution in [1.82, 2.24) is 15.1 Å². The third kappa shape index (κ3) is 6.11. The van der Waals surface area contributed by atoms with E-state index in [1.54, 1.807) is 30.2 Å². The van der Waals surface area contributed by atoms with E-state index in [9.17, 15) is 23.9 Å². The summed E-state index contributed by atoms with van der Waals surface area (Å²) < 4.78 is 19.1. The second-order valence-electron chi connectivity index (χ2n) is 11.5. The van der Waals surface area contributed by atoms with Gasteiger partial charge >= 0.3 is 6.09 Å². The molecule has 4 atom stereocenters. The largest absolute Gasteiger partial charge is 0.444 e. The molecule has 1 saturated carbocycles. The first kappa shape index (κ1) is 27.0. The van der Waals surface area contributed by atoms with Gasteiger partial charge in [0, 0.05) is 33.0 Å². The second kappa shape index (κ2) is 10.4. The number of ketones is 1. The highest BCUT2D eigenvalue weighted by molar-refractivity contribution is 6.10. The molecule has 0 aromatic carbocycles. The molecule has 37 heavy (non-hydrogen) atoms. The third-order valence-electron chi connectivity index (χ3n) is 7.50. The van der Waals surface area contributed by atoms with Crippen molar-refractivity contribution in [2.24, 2.45) is 10.9 Å². The fourth-order valence-electron chi connectivity index (χ4n) is 5.54. The average molecular weight is 517 g/mol. The number of aliphatic hydroxyl groups is 1. The SMILES string of the molecule is CN(C(=O)OC(C)(C)C)C12CCC(CN3CC(O)C(=O)C(C(=O)NCC4=CC=C(F)CC=C4)N=C3C1)C2. The number of aliphatic hydroxyl groups excluding tert-OH is 1. The highest BCUT2D eigenvalue weighted by Crippen LogP contribution is 2.45. The van der Waals surface area contributed by atoms with Gasteiger partial charge in [-0.05, 0) is 57.6 Å². The lowest BCUT2D eigenvalue weighted by atomic mass is 9.90. The number of halogens is 1. The summed E-state index contributed by atoms with van der Waals surface area (Å²) in [4.78, 5) is 47.2. The Morgan fingerprint density at radius 3 is 2.81 bits per heavy atom. The van der Waals surface area contributed by atoms with Crippen molar-refractivity contribution in [2.75, 3.05) is 26.7 Å². The lowest BCUT2D eigenvalue weighted by molar-refractivity contribution is -0.134. The van der Waals surface area contributed by atoms with Gasteiger partial charge in [0.1, 0.15) is 23.4 Å². The number of carbonyl (C=O) groups excluding carboxylic acids is 3. The maximum atomic E-state index is 13.5. The summed E-state index contributed by atoms with van der Waals surface area (Å²) in [6.45, 7) is 6.21. The molecule has 0 radical (unpaired) electrons. The van der Waals surface area contributed by atoms with Gasteiger partial charge in [-0.15, -0.1) is 0 Å². The quantitative estimate of drug-likeness (QED) is 0.556. The highest BCUT2D eigenvalue weighted by Gasteiger charge is 2.51. The van der Waals surface area contributed by atoms with Crippen LogP contribution in [0.15, 0.2) is 40.7 Å². The molecule has 2 aliphatic carbocycles. The van der Waals surface area contributed by atoms with Crippen molar-refractivity contribution in [3.05, 3.63) is 35.7 Å². The maximum absolute atomic E-state index is 13.5. The van der Waals surface area contributed by atoms with Gasteiger partial charge < -0.3 is 25.0 Å². The zero-order chi connectivity index (χ0) is 27.0. The summed E-state index contributed by atoms with van der Waals surface area (Å²) in [6, 6.07) is -1.40. The van der Waals surface area contributed by atoms with Crippen LogP contribution in [0.25, 0.3) is 0 Å². The number of amides is 2. The van der Waals surface area contributed by atoms with Gasteiger partial charge in [-0.3, -0.25) is 14.6 Å². The Labute approximate surface area is 217 Å². The molecule has 0 aromatic heterocycles. The first-order chi connectivity index (χ1) is 17.4. The van der Waals surface area contributed by atoms with Crippen LogP contribution in [0.1, 0.15) is 52.9 Å². The van der Waals surface area contributed by atoms with Crippen molar-refractivity contribution in [3.63, 3.8) is 0 Å². The molecule has 2 N–H and O–H groups in total. The molecule has 2 bridgehead atoms. The molecule has 4 aliphatic rings. The third-order valence-corrected chi connectivity index (χ3v) is 7.50. The van der Waals surface area contributed by atoms with Gasteiger partial charge in [-0.2, -0.15) is 0 Å². The number of hydrogen-bond donors (Lipinski definition) is 2. The summed E-state index contributed by atoms with van der Waals surface area (Å²) in [6.07, 6.45) is 7.50. The van der Waals surface area contributed by atoms with E-state index < -0.39 is 41.1 Å². The number of fused-ring (bicyclic) bond motifs is 3. The Balaban J connectivity index is 1.57. The second-order valence-corrected chi connectivity index (χ2v) is 11.5. The van der Waals surface area contributed by atoms with E-state index in [1.165, 1.54) is 6.08 Å². The van der Waals surface area contributed by atoms with Crippen LogP contribution in [-0.2, 0) is 14.3 Å². The minimum atomic E-state index is -1.40. The van der Waals surface area contributed by atoms with Crippen molar-refractivity contribution in [3.8, 4) is 0 Å². The van der Waals surface area contributed by atoms with E-state index in [1.807, 2.05) is 25.7 Å². The van der Waals surface area contributed by atoms with Crippen LogP contribution in [0.3, 0.4) is 0 Å². The zero-order valence-electron chi connectivity index (χ0n) is 22.0. The van der Waals surface area contributed by atoms with Crippen molar-refractivity contribution >= 4 is 23.6 Å². The number of amidine groups is 1. The van der Waals surface area contributed by atoms with Crippen LogP contribution in [-0.4, -0.2) is 88.5 Å². The van der Waals surface area contributed by atoms with Gasteiger partial charge in [0.05, 0.1) is 12.1 Å². The number of ether oxygens (including phenoxy) is 1. The number of allylic oxidation sites excluding steroid dienone is 4. The Morgan fingerprint density at radius 2 is 2.08 bits per heavy atom. The van der Waals surface area contributed by atoms with E-state index in [4.69, 9.17) is 4.74 Å². The van der Waals surface area contributed by atoms with Crippen LogP contribution in [0, 0.1) is 5.92 Å². The summed E-state index contributed by atoms with van der Waals surface area (Å²) in [5, 5.41) is 13.4. The Hall–Kier alpha value is -3.01. The molecule has 0 aromatic rings. The van der Waals surface area contributed by atoms with Crippen LogP contribution >= 0.6 is 0 Å². The van der Waals surface area contributed by atoms with Gasteiger partial charge in [-0.1, -0.05) is 18.2 Å². The smallest absolute Gasteiger partial charge is 0.410 e. The first-order valence-corrected chi connectivity index (χ1v) is 12.9. The number of aliphatic imine (C=N–C) groups is 1. The fourth-order valence-corrected chi connectivity index (χ4v) is 5.54. The van der Waals surface area contributed by atoms with Crippen molar-refractivity contribution in [1.29, 1.82) is 0 Å². The Kier molecular flexibility index (Phi) is 7.60. The van der Waals surface area contributed by atoms with Crippen LogP contribution in [0.5, 0.6) is 0 Å². The molecule has 1 saturated heterocycles. The molecule has 4 unspecified atom stereocenters. The number of hydrogen-bond acceptors (Lipinski definition) is 7. The maximum Gasteiger partial charge on any atom is 0.410 e. The normalized spacial score (nSPS) is 29.7. The zero-order valence-corrected chi connectivity index (χ0v) is 22.0. The number of rotatable bonds is 4. The monoisotopic (exact) mass is 516 g/mol. The predicted molar refractivity (Wildman–Crippen MR) is 137 cm³/mol. The standard InChI is InChI=1S/C27H37FN4O5/c1-26(2,3)37-25(36)31(4)27-11-10-18(12-27)15-32-16-20(33)23(34)22(30-21(32)13-27)24(35)29-14-17-6-5-7-19(28)9-8-17/h5-6,8-9,18,20,22,33H,7,10-16H2,1-4H3,(H,29,35). The molecular formula is C27H37FN4O5. The van der Waals surface area contributed by atoms with Crippen LogP contribution in [0.2, 0.25) is 0 Å². The molecular weight excluding hydrogens is 479 g/mol. The van der Waals surface area contributed by atoms with E-state index in [-0.39, 0.29) is 31.3 Å². The highest BCUT2D eigenvalue weighted by atomic mass is 19.1. The summed E-state index contributed by atoms with van der Waals surface area (Å²) in [7, 11) is 1.73. The van der Waals surface area contributed by atoms with Gasteiger partial charge in [0.15, 0.2) is 11.8 Å². The van der Waals surface area contributed by atoms with Gasteiger partial charge in [0.25, 0.3) is 5.91 Å². The molecule has 10 heteroatoms. The molecule has 4 rings (SSSR count). The lowest BCUT2D eigenvalue weighted by Gasteiger charge is -2.40. The van der Waals surface area contributed by atoms with E-state index in [2.05, 4.69) is 10.3 Å². The predicted octanol–water partition coefficient (Wildman–Crippen LogP) is 2.66. The van der Waals surface area contributed by atoms with E-state index in [0.717, 1.165) is 19.3 Å². The number of nitrogens with one attached hydrogen (secondary N) is 1. The Bertz CT molecular complexity index is 1080. The summed E-state index contributed by atoms with van der Waals surface area (Å²) in [5.74, 6) is -0.755. The molecule has 0 spiro atoms. The first-order valence-electron chi connectivity index (χ1n) is 12.9. The van der Waals surface area contributed by atoms with Gasteiger partial charge in [-0.25, -0.2) is 9.18 Å². The van der Waals surface area contributed by atoms with Crippen LogP contribution in [0.4, 0.5) is 9.18 Å². The molecule has 2 amide bonds. The Morgan fingerprint density at radius 1 is 1.32 bits per heavy atom. The molecule has 9 nitrogen and oxygen atoms in total. The van der Waals surface area contributed by atoms with Gasteiger partial charge in [0.2, 0.25) is 0 Å². The summed E-state index contributed by atoms with van der Waals surface area (Å²) >= 11 is 0. The molecule has 2 heterocycles. The fraction of sp³-hybridized carbons (Fsp3) is 0.630. The molecule has 202 valence electrons. The minimum absolute atomic E-state index is 0.0577. The molecule has 2 aliphatic heterocycles. The number of nitrogens with zero attached hydrogens (tertiary/aromatic N) is 3. The van der Waals surface area contributed by atoms with E-state index >= 15 is 0 Å².